The Hall–Kier alpha value is -6.68. The zero-order valence-corrected chi connectivity index (χ0v) is 31.4. The van der Waals surface area contributed by atoms with Gasteiger partial charge in [-0.25, -0.2) is 0 Å². The molecular formula is C48H36F6N2O2. The van der Waals surface area contributed by atoms with Crippen molar-refractivity contribution in [2.24, 2.45) is 0 Å². The largest absolute Gasteiger partial charge is 0.497 e. The van der Waals surface area contributed by atoms with Gasteiger partial charge >= 0.3 is 12.4 Å². The number of hydrogen-bond donors (Lipinski definition) is 0. The minimum absolute atomic E-state index is 0.00804. The molecule has 0 amide bonds. The van der Waals surface area contributed by atoms with E-state index in [0.717, 1.165) is 33.4 Å². The zero-order chi connectivity index (χ0) is 40.9. The van der Waals surface area contributed by atoms with E-state index in [-0.39, 0.29) is 11.4 Å². The highest BCUT2D eigenvalue weighted by molar-refractivity contribution is 6.05. The maximum atomic E-state index is 13.3. The first-order valence-electron chi connectivity index (χ1n) is 18.3. The van der Waals surface area contributed by atoms with Crippen LogP contribution >= 0.6 is 0 Å². The highest BCUT2D eigenvalue weighted by Crippen LogP contribution is 2.42. The van der Waals surface area contributed by atoms with Gasteiger partial charge in [-0.1, -0.05) is 121 Å². The van der Waals surface area contributed by atoms with Crippen molar-refractivity contribution in [3.63, 3.8) is 0 Å². The summed E-state index contributed by atoms with van der Waals surface area (Å²) in [4.78, 5) is 9.06. The third-order valence-electron chi connectivity index (χ3n) is 9.54. The van der Waals surface area contributed by atoms with Crippen molar-refractivity contribution >= 4 is 21.5 Å². The SMILES string of the molecule is COc1ccc2c(CC(F)(F)F)nc(-c3ccccc3)c(-c3ccccc3)c2c1.COc1ccc2c(CC(F)(F)F)nc(-c3ccccc3)c(-c3ccccc3)c2c1. The Bertz CT molecular complexity index is 2470. The van der Waals surface area contributed by atoms with E-state index in [4.69, 9.17) is 9.47 Å². The molecule has 10 heteroatoms. The number of nitrogens with zero attached hydrogens (tertiary/aromatic N) is 2. The van der Waals surface area contributed by atoms with Crippen molar-refractivity contribution in [3.8, 4) is 56.3 Å². The number of methoxy groups -OCH3 is 2. The number of hydrogen-bond acceptors (Lipinski definition) is 4. The second-order valence-electron chi connectivity index (χ2n) is 13.4. The molecule has 8 rings (SSSR count). The van der Waals surface area contributed by atoms with Crippen molar-refractivity contribution in [3.05, 3.63) is 169 Å². The molecule has 0 N–H and O–H groups in total. The van der Waals surface area contributed by atoms with Gasteiger partial charge in [0.1, 0.15) is 11.5 Å². The van der Waals surface area contributed by atoms with Crippen molar-refractivity contribution < 1.29 is 35.8 Å². The van der Waals surface area contributed by atoms with Gasteiger partial charge in [-0.05, 0) is 58.3 Å². The van der Waals surface area contributed by atoms with E-state index in [1.54, 1.807) is 50.6 Å². The Morgan fingerprint density at radius 2 is 0.707 bits per heavy atom. The topological polar surface area (TPSA) is 44.2 Å². The lowest BCUT2D eigenvalue weighted by Gasteiger charge is -2.18. The van der Waals surface area contributed by atoms with Gasteiger partial charge in [-0.3, -0.25) is 9.97 Å². The van der Waals surface area contributed by atoms with E-state index in [1.165, 1.54) is 0 Å². The van der Waals surface area contributed by atoms with E-state index in [0.29, 0.717) is 44.4 Å². The van der Waals surface area contributed by atoms with E-state index in [9.17, 15) is 26.3 Å². The number of pyridine rings is 2. The fourth-order valence-electron chi connectivity index (χ4n) is 7.03. The van der Waals surface area contributed by atoms with Crippen molar-refractivity contribution in [2.45, 2.75) is 25.2 Å². The van der Waals surface area contributed by atoms with E-state index in [1.807, 2.05) is 121 Å². The molecule has 0 bridgehead atoms. The van der Waals surface area contributed by atoms with Crippen LogP contribution in [0.4, 0.5) is 26.3 Å². The molecule has 0 spiro atoms. The number of halogens is 6. The van der Waals surface area contributed by atoms with Crippen LogP contribution in [0.2, 0.25) is 0 Å². The van der Waals surface area contributed by atoms with E-state index in [2.05, 4.69) is 9.97 Å². The molecule has 0 aliphatic rings. The van der Waals surface area contributed by atoms with Crippen LogP contribution in [0.1, 0.15) is 11.4 Å². The molecule has 292 valence electrons. The number of fused-ring (bicyclic) bond motifs is 2. The highest BCUT2D eigenvalue weighted by Gasteiger charge is 2.32. The summed E-state index contributed by atoms with van der Waals surface area (Å²) in [7, 11) is 3.08. The summed E-state index contributed by atoms with van der Waals surface area (Å²) in [5.74, 6) is 1.16. The van der Waals surface area contributed by atoms with Gasteiger partial charge in [0.05, 0.1) is 49.8 Å². The van der Waals surface area contributed by atoms with E-state index >= 15 is 0 Å². The molecule has 0 fully saturated rings. The second-order valence-corrected chi connectivity index (χ2v) is 13.4. The summed E-state index contributed by atoms with van der Waals surface area (Å²) in [5, 5.41) is 2.32. The molecular weight excluding hydrogens is 751 g/mol. The first kappa shape index (κ1) is 39.6. The molecule has 0 radical (unpaired) electrons. The normalized spacial score (nSPS) is 11.6. The van der Waals surface area contributed by atoms with Gasteiger partial charge < -0.3 is 9.47 Å². The number of alkyl halides is 6. The van der Waals surface area contributed by atoms with Gasteiger partial charge in [-0.15, -0.1) is 0 Å². The third-order valence-corrected chi connectivity index (χ3v) is 9.54. The Labute approximate surface area is 331 Å². The fourth-order valence-corrected chi connectivity index (χ4v) is 7.03. The Morgan fingerprint density at radius 1 is 0.397 bits per heavy atom. The average Bonchev–Trinajstić information content (AvgIpc) is 3.23. The maximum absolute atomic E-state index is 13.3. The second kappa shape index (κ2) is 16.8. The Kier molecular flexibility index (Phi) is 11.5. The van der Waals surface area contributed by atoms with Gasteiger partial charge in [0.2, 0.25) is 0 Å². The number of aromatic nitrogens is 2. The van der Waals surface area contributed by atoms with Crippen LogP contribution in [0.25, 0.3) is 66.3 Å². The summed E-state index contributed by atoms with van der Waals surface area (Å²) in [6.07, 6.45) is -10.9. The first-order chi connectivity index (χ1) is 27.9. The van der Waals surface area contributed by atoms with Crippen LogP contribution in [-0.4, -0.2) is 36.5 Å². The lowest BCUT2D eigenvalue weighted by Crippen LogP contribution is -2.14. The molecule has 6 aromatic carbocycles. The molecule has 2 aromatic heterocycles. The summed E-state index contributed by atoms with van der Waals surface area (Å²) in [5.41, 5.74) is 5.94. The number of rotatable bonds is 8. The minimum atomic E-state index is -4.36. The molecule has 8 aromatic rings. The summed E-state index contributed by atoms with van der Waals surface area (Å²) < 4.78 is 90.6. The predicted octanol–water partition coefficient (Wildman–Crippen LogP) is 13.4. The van der Waals surface area contributed by atoms with Crippen LogP contribution in [-0.2, 0) is 12.8 Å². The summed E-state index contributed by atoms with van der Waals surface area (Å²) in [6, 6.07) is 48.0. The van der Waals surface area contributed by atoms with Crippen molar-refractivity contribution in [1.29, 1.82) is 0 Å². The number of benzene rings is 6. The lowest BCUT2D eigenvalue weighted by atomic mass is 9.92. The third kappa shape index (κ3) is 8.97. The van der Waals surface area contributed by atoms with Crippen LogP contribution in [0, 0.1) is 0 Å². The molecule has 0 saturated heterocycles. The maximum Gasteiger partial charge on any atom is 0.394 e. The minimum Gasteiger partial charge on any atom is -0.497 e. The molecule has 0 saturated carbocycles. The molecule has 0 atom stereocenters. The van der Waals surface area contributed by atoms with Gasteiger partial charge in [-0.2, -0.15) is 26.3 Å². The summed E-state index contributed by atoms with van der Waals surface area (Å²) >= 11 is 0. The summed E-state index contributed by atoms with van der Waals surface area (Å²) in [6.45, 7) is 0. The molecule has 0 unspecified atom stereocenters. The smallest absolute Gasteiger partial charge is 0.394 e. The zero-order valence-electron chi connectivity index (χ0n) is 31.4. The van der Waals surface area contributed by atoms with Crippen molar-refractivity contribution in [1.82, 2.24) is 9.97 Å². The molecule has 2 heterocycles. The van der Waals surface area contributed by atoms with Crippen LogP contribution in [0.15, 0.2) is 158 Å². The molecule has 58 heavy (non-hydrogen) atoms. The predicted molar refractivity (Wildman–Crippen MR) is 218 cm³/mol. The standard InChI is InChI=1S/2C24H18F3NO/c2*1-29-18-12-13-19-20(14-18)22(16-8-4-2-5-9-16)23(17-10-6-3-7-11-17)28-21(19)15-24(25,26)27/h2*2-14H,15H2,1H3. The van der Waals surface area contributed by atoms with E-state index < -0.39 is 25.2 Å². The van der Waals surface area contributed by atoms with Gasteiger partial charge in [0, 0.05) is 33.0 Å². The quantitative estimate of drug-likeness (QED) is 0.144. The van der Waals surface area contributed by atoms with Gasteiger partial charge in [0.25, 0.3) is 0 Å². The first-order valence-corrected chi connectivity index (χ1v) is 18.3. The Morgan fingerprint density at radius 3 is 1.00 bits per heavy atom. The van der Waals surface area contributed by atoms with Crippen LogP contribution < -0.4 is 9.47 Å². The molecule has 0 aliphatic heterocycles. The average molecular weight is 787 g/mol. The fraction of sp³-hybridized carbons (Fsp3) is 0.125. The molecule has 0 aliphatic carbocycles. The van der Waals surface area contributed by atoms with Gasteiger partial charge in [0.15, 0.2) is 0 Å². The monoisotopic (exact) mass is 786 g/mol. The number of ether oxygens (including phenoxy) is 2. The highest BCUT2D eigenvalue weighted by atomic mass is 19.4. The Balaban J connectivity index is 0.000000177. The van der Waals surface area contributed by atoms with Crippen molar-refractivity contribution in [2.75, 3.05) is 14.2 Å². The molecule has 4 nitrogen and oxygen atoms in total. The van der Waals surface area contributed by atoms with Crippen LogP contribution in [0.5, 0.6) is 11.5 Å². The lowest BCUT2D eigenvalue weighted by molar-refractivity contribution is -0.128. The van der Waals surface area contributed by atoms with Crippen LogP contribution in [0.3, 0.4) is 0 Å².